The Hall–Kier alpha value is -2.15. The Bertz CT molecular complexity index is 643. The second-order valence-corrected chi connectivity index (χ2v) is 5.87. The number of nitrogens with zero attached hydrogens (tertiary/aromatic N) is 6. The maximum Gasteiger partial charge on any atom is 0.239 e. The van der Waals surface area contributed by atoms with Crippen LogP contribution in [0.4, 0.5) is 0 Å². The van der Waals surface area contributed by atoms with Crippen molar-refractivity contribution in [2.24, 2.45) is 0 Å². The Labute approximate surface area is 131 Å². The number of aryl methyl sites for hydroxylation is 1. The minimum Gasteiger partial charge on any atom is -0.347 e. The van der Waals surface area contributed by atoms with Gasteiger partial charge in [-0.05, 0) is 39.4 Å². The number of rotatable bonds is 5. The van der Waals surface area contributed by atoms with E-state index in [0.717, 1.165) is 11.4 Å². The topological polar surface area (TPSA) is 59.2 Å². The third-order valence-electron chi connectivity index (χ3n) is 4.02. The molecule has 0 saturated heterocycles. The Morgan fingerprint density at radius 3 is 2.36 bits per heavy atom. The van der Waals surface area contributed by atoms with Crippen molar-refractivity contribution in [3.63, 3.8) is 0 Å². The predicted octanol–water partition coefficient (Wildman–Crippen LogP) is 0.916. The molecule has 2 rings (SSSR count). The summed E-state index contributed by atoms with van der Waals surface area (Å²) in [7, 11) is 5.53. The molecular weight excluding hydrogens is 280 g/mol. The number of likely N-dealkylation sites (N-methyl/N-ethyl adjacent to an activating group) is 2. The summed E-state index contributed by atoms with van der Waals surface area (Å²) in [4.78, 5) is 15.8. The van der Waals surface area contributed by atoms with Gasteiger partial charge >= 0.3 is 0 Å². The second-order valence-electron chi connectivity index (χ2n) is 5.87. The van der Waals surface area contributed by atoms with Gasteiger partial charge in [-0.25, -0.2) is 4.68 Å². The molecule has 0 bridgehead atoms. The standard InChI is InChI=1S/C15H24N6O/c1-11-7-14(8-19(6)13(3)15(22)18(4)5)12(2)21(11)20-9-16-17-10-20/h7,9-10,13H,8H2,1-6H3/t13-/m1/s1. The molecule has 0 saturated carbocycles. The molecule has 22 heavy (non-hydrogen) atoms. The second kappa shape index (κ2) is 6.31. The summed E-state index contributed by atoms with van der Waals surface area (Å²) >= 11 is 0. The van der Waals surface area contributed by atoms with E-state index in [2.05, 4.69) is 32.8 Å². The van der Waals surface area contributed by atoms with E-state index in [-0.39, 0.29) is 11.9 Å². The van der Waals surface area contributed by atoms with Crippen molar-refractivity contribution >= 4 is 5.91 Å². The lowest BCUT2D eigenvalue weighted by atomic mass is 10.2. The van der Waals surface area contributed by atoms with Gasteiger partial charge in [-0.15, -0.1) is 10.2 Å². The summed E-state index contributed by atoms with van der Waals surface area (Å²) in [5.41, 5.74) is 3.41. The largest absolute Gasteiger partial charge is 0.347 e. The van der Waals surface area contributed by atoms with Crippen LogP contribution in [0.2, 0.25) is 0 Å². The van der Waals surface area contributed by atoms with Crippen LogP contribution in [-0.2, 0) is 11.3 Å². The first-order valence-electron chi connectivity index (χ1n) is 7.27. The molecule has 0 aliphatic carbocycles. The molecule has 2 aromatic heterocycles. The molecule has 120 valence electrons. The van der Waals surface area contributed by atoms with Gasteiger partial charge in [0.25, 0.3) is 0 Å². The molecule has 1 amide bonds. The molecule has 2 aromatic rings. The first-order valence-corrected chi connectivity index (χ1v) is 7.27. The summed E-state index contributed by atoms with van der Waals surface area (Å²) in [6.07, 6.45) is 3.34. The Balaban J connectivity index is 2.21. The quantitative estimate of drug-likeness (QED) is 0.824. The molecule has 0 aliphatic rings. The summed E-state index contributed by atoms with van der Waals surface area (Å²) in [5, 5.41) is 7.71. The molecule has 7 heteroatoms. The van der Waals surface area contributed by atoms with Crippen molar-refractivity contribution < 1.29 is 4.79 Å². The van der Waals surface area contributed by atoms with Crippen molar-refractivity contribution in [1.82, 2.24) is 29.3 Å². The van der Waals surface area contributed by atoms with Crippen LogP contribution < -0.4 is 0 Å². The van der Waals surface area contributed by atoms with Crippen LogP contribution in [0, 0.1) is 13.8 Å². The fourth-order valence-electron chi connectivity index (χ4n) is 2.60. The van der Waals surface area contributed by atoms with Gasteiger partial charge < -0.3 is 4.90 Å². The summed E-state index contributed by atoms with van der Waals surface area (Å²) in [6, 6.07) is 1.98. The van der Waals surface area contributed by atoms with Gasteiger partial charge in [0, 0.05) is 32.0 Å². The third kappa shape index (κ3) is 3.04. The van der Waals surface area contributed by atoms with Crippen LogP contribution in [0.3, 0.4) is 0 Å². The number of carbonyl (C=O) groups excluding carboxylic acids is 1. The molecule has 7 nitrogen and oxygen atoms in total. The minimum absolute atomic E-state index is 0.107. The van der Waals surface area contributed by atoms with Crippen LogP contribution in [0.15, 0.2) is 18.7 Å². The van der Waals surface area contributed by atoms with E-state index in [4.69, 9.17) is 0 Å². The highest BCUT2D eigenvalue weighted by atomic mass is 16.2. The normalized spacial score (nSPS) is 12.7. The molecule has 0 spiro atoms. The average molecular weight is 304 g/mol. The minimum atomic E-state index is -0.159. The van der Waals surface area contributed by atoms with Gasteiger partial charge in [-0.2, -0.15) is 0 Å². The zero-order chi connectivity index (χ0) is 16.4. The van der Waals surface area contributed by atoms with Gasteiger partial charge in [0.2, 0.25) is 5.91 Å². The van der Waals surface area contributed by atoms with Crippen LogP contribution in [0.25, 0.3) is 0 Å². The number of hydrogen-bond acceptors (Lipinski definition) is 4. The SMILES string of the molecule is Cc1cc(CN(C)[C@H](C)C(=O)N(C)C)c(C)n1-n1cnnc1. The van der Waals surface area contributed by atoms with E-state index in [1.807, 2.05) is 25.6 Å². The van der Waals surface area contributed by atoms with Gasteiger partial charge in [0.1, 0.15) is 12.7 Å². The molecule has 0 aliphatic heterocycles. The molecule has 0 N–H and O–H groups in total. The molecule has 1 atom stereocenters. The lowest BCUT2D eigenvalue weighted by Crippen LogP contribution is -2.42. The number of aromatic nitrogens is 4. The molecule has 0 unspecified atom stereocenters. The average Bonchev–Trinajstić information content (AvgIpc) is 3.06. The first kappa shape index (κ1) is 16.2. The Morgan fingerprint density at radius 1 is 1.23 bits per heavy atom. The maximum atomic E-state index is 12.1. The molecular formula is C15H24N6O. The monoisotopic (exact) mass is 304 g/mol. The van der Waals surface area contributed by atoms with E-state index in [0.29, 0.717) is 6.54 Å². The van der Waals surface area contributed by atoms with Crippen LogP contribution >= 0.6 is 0 Å². The maximum absolute atomic E-state index is 12.1. The van der Waals surface area contributed by atoms with Crippen LogP contribution in [0.5, 0.6) is 0 Å². The number of carbonyl (C=O) groups is 1. The van der Waals surface area contributed by atoms with E-state index >= 15 is 0 Å². The van der Waals surface area contributed by atoms with E-state index in [1.54, 1.807) is 31.6 Å². The Kier molecular flexibility index (Phi) is 4.65. The van der Waals surface area contributed by atoms with Crippen molar-refractivity contribution in [2.45, 2.75) is 33.4 Å². The van der Waals surface area contributed by atoms with Gasteiger partial charge in [-0.3, -0.25) is 14.4 Å². The van der Waals surface area contributed by atoms with Gasteiger partial charge in [0.15, 0.2) is 0 Å². The van der Waals surface area contributed by atoms with Gasteiger partial charge in [0.05, 0.1) is 6.04 Å². The highest BCUT2D eigenvalue weighted by Crippen LogP contribution is 2.18. The van der Waals surface area contributed by atoms with Crippen molar-refractivity contribution in [3.05, 3.63) is 35.7 Å². The van der Waals surface area contributed by atoms with E-state index in [9.17, 15) is 4.79 Å². The van der Waals surface area contributed by atoms with E-state index in [1.165, 1.54) is 5.56 Å². The highest BCUT2D eigenvalue weighted by molar-refractivity contribution is 5.80. The fraction of sp³-hybridized carbons (Fsp3) is 0.533. The van der Waals surface area contributed by atoms with Crippen molar-refractivity contribution in [3.8, 4) is 0 Å². The van der Waals surface area contributed by atoms with Crippen molar-refractivity contribution in [2.75, 3.05) is 21.1 Å². The molecule has 0 radical (unpaired) electrons. The third-order valence-corrected chi connectivity index (χ3v) is 4.02. The zero-order valence-electron chi connectivity index (χ0n) is 14.1. The fourth-order valence-corrected chi connectivity index (χ4v) is 2.60. The van der Waals surface area contributed by atoms with Gasteiger partial charge in [-0.1, -0.05) is 0 Å². The first-order chi connectivity index (χ1) is 10.3. The molecule has 0 fully saturated rings. The summed E-state index contributed by atoms with van der Waals surface area (Å²) in [5.74, 6) is 0.107. The lowest BCUT2D eigenvalue weighted by Gasteiger charge is -2.26. The smallest absolute Gasteiger partial charge is 0.239 e. The zero-order valence-corrected chi connectivity index (χ0v) is 14.1. The van der Waals surface area contributed by atoms with E-state index < -0.39 is 0 Å². The molecule has 0 aromatic carbocycles. The predicted molar refractivity (Wildman–Crippen MR) is 84.3 cm³/mol. The summed E-state index contributed by atoms with van der Waals surface area (Å²) < 4.78 is 3.91. The van der Waals surface area contributed by atoms with Crippen LogP contribution in [0.1, 0.15) is 23.9 Å². The lowest BCUT2D eigenvalue weighted by molar-refractivity contribution is -0.133. The highest BCUT2D eigenvalue weighted by Gasteiger charge is 2.21. The van der Waals surface area contributed by atoms with Crippen molar-refractivity contribution in [1.29, 1.82) is 0 Å². The summed E-state index contributed by atoms with van der Waals surface area (Å²) in [6.45, 7) is 6.75. The Morgan fingerprint density at radius 2 is 1.82 bits per heavy atom. The number of amides is 1. The van der Waals surface area contributed by atoms with Crippen LogP contribution in [-0.4, -0.2) is 62.4 Å². The molecule has 2 heterocycles. The number of hydrogen-bond donors (Lipinski definition) is 0.